The van der Waals surface area contributed by atoms with Crippen molar-refractivity contribution in [3.8, 4) is 6.07 Å². The molecule has 4 aromatic rings. The van der Waals surface area contributed by atoms with E-state index in [-0.39, 0.29) is 5.91 Å². The monoisotopic (exact) mass is 548 g/mol. The zero-order chi connectivity index (χ0) is 25.3. The Labute approximate surface area is 229 Å². The Hall–Kier alpha value is -2.94. The van der Waals surface area contributed by atoms with Gasteiger partial charge in [0.15, 0.2) is 5.41 Å². The minimum Gasteiger partial charge on any atom is -0.301 e. The lowest BCUT2D eigenvalue weighted by atomic mass is 9.64. The van der Waals surface area contributed by atoms with Crippen LogP contribution in [-0.4, -0.2) is 5.91 Å². The van der Waals surface area contributed by atoms with Gasteiger partial charge in [-0.05, 0) is 65.2 Å². The summed E-state index contributed by atoms with van der Waals surface area (Å²) in [6, 6.07) is 31.9. The highest BCUT2D eigenvalue weighted by molar-refractivity contribution is 7.98. The zero-order valence-electron chi connectivity index (χ0n) is 18.9. The van der Waals surface area contributed by atoms with Gasteiger partial charge in [0.2, 0.25) is 0 Å². The Bertz CT molecular complexity index is 1450. The van der Waals surface area contributed by atoms with Gasteiger partial charge in [-0.25, -0.2) is 0 Å². The molecule has 0 aliphatic carbocycles. The van der Waals surface area contributed by atoms with E-state index in [0.29, 0.717) is 26.3 Å². The van der Waals surface area contributed by atoms with Crippen molar-refractivity contribution in [3.63, 3.8) is 0 Å². The van der Waals surface area contributed by atoms with Crippen LogP contribution in [0.3, 0.4) is 0 Å². The number of nitriles is 1. The van der Waals surface area contributed by atoms with Crippen molar-refractivity contribution in [3.05, 3.63) is 129 Å². The number of carbonyl (C=O) groups excluding carboxylic acids is 1. The number of benzene rings is 4. The largest absolute Gasteiger partial charge is 0.301 e. The van der Waals surface area contributed by atoms with Gasteiger partial charge in [0.05, 0.1) is 22.2 Å². The van der Waals surface area contributed by atoms with Gasteiger partial charge in [-0.15, -0.1) is 11.8 Å². The summed E-state index contributed by atoms with van der Waals surface area (Å²) in [5, 5.41) is 11.7. The topological polar surface area (TPSA) is 44.1 Å². The number of nitrogens with zero attached hydrogens (tertiary/aromatic N) is 2. The van der Waals surface area contributed by atoms with Crippen molar-refractivity contribution in [2.45, 2.75) is 22.1 Å². The Morgan fingerprint density at radius 2 is 1.56 bits per heavy atom. The SMILES string of the molecule is N#C[C@]1(c2ccc(Cl)cc2)C(=O)N(c2ccc(SCc3ccccc3)cc2)[C@@H]1c1ccc(Cl)c(Cl)c1. The third kappa shape index (κ3) is 4.38. The van der Waals surface area contributed by atoms with Gasteiger partial charge < -0.3 is 4.90 Å². The molecule has 1 amide bonds. The van der Waals surface area contributed by atoms with Crippen LogP contribution in [-0.2, 0) is 16.0 Å². The average Bonchev–Trinajstić information content (AvgIpc) is 2.90. The van der Waals surface area contributed by atoms with E-state index in [4.69, 9.17) is 34.8 Å². The second-order valence-corrected chi connectivity index (χ2v) is 10.7. The van der Waals surface area contributed by atoms with Gasteiger partial charge in [0, 0.05) is 21.4 Å². The highest BCUT2D eigenvalue weighted by Crippen LogP contribution is 2.54. The Balaban J connectivity index is 1.50. The van der Waals surface area contributed by atoms with E-state index in [1.54, 1.807) is 53.1 Å². The van der Waals surface area contributed by atoms with Gasteiger partial charge in [0.1, 0.15) is 0 Å². The number of rotatable bonds is 6. The first-order valence-electron chi connectivity index (χ1n) is 11.2. The molecule has 2 atom stereocenters. The summed E-state index contributed by atoms with van der Waals surface area (Å²) in [5.41, 5.74) is 1.85. The van der Waals surface area contributed by atoms with Crippen LogP contribution in [0.4, 0.5) is 5.69 Å². The van der Waals surface area contributed by atoms with Crippen molar-refractivity contribution < 1.29 is 4.79 Å². The van der Waals surface area contributed by atoms with Crippen molar-refractivity contribution in [2.24, 2.45) is 0 Å². The van der Waals surface area contributed by atoms with E-state index in [2.05, 4.69) is 18.2 Å². The van der Waals surface area contributed by atoms with Gasteiger partial charge in [-0.2, -0.15) is 5.26 Å². The van der Waals surface area contributed by atoms with Crippen LogP contribution in [0.1, 0.15) is 22.7 Å². The van der Waals surface area contributed by atoms with E-state index < -0.39 is 11.5 Å². The predicted molar refractivity (Wildman–Crippen MR) is 148 cm³/mol. The van der Waals surface area contributed by atoms with E-state index in [1.807, 2.05) is 48.5 Å². The minimum absolute atomic E-state index is 0.298. The molecule has 0 spiro atoms. The fraction of sp³-hybridized carbons (Fsp3) is 0.103. The zero-order valence-corrected chi connectivity index (χ0v) is 22.0. The number of carbonyl (C=O) groups is 1. The van der Waals surface area contributed by atoms with Crippen molar-refractivity contribution in [1.29, 1.82) is 5.26 Å². The van der Waals surface area contributed by atoms with Crippen LogP contribution < -0.4 is 4.90 Å². The maximum Gasteiger partial charge on any atom is 0.255 e. The molecule has 0 saturated carbocycles. The summed E-state index contributed by atoms with van der Waals surface area (Å²) in [4.78, 5) is 16.5. The molecular weight excluding hydrogens is 531 g/mol. The second kappa shape index (κ2) is 10.2. The first-order chi connectivity index (χ1) is 17.4. The molecule has 0 radical (unpaired) electrons. The highest BCUT2D eigenvalue weighted by atomic mass is 35.5. The number of anilines is 1. The molecular formula is C29H19Cl3N2OS. The van der Waals surface area contributed by atoms with Crippen LogP contribution in [0.25, 0.3) is 0 Å². The molecule has 5 rings (SSSR count). The first-order valence-corrected chi connectivity index (χ1v) is 13.3. The van der Waals surface area contributed by atoms with Crippen LogP contribution >= 0.6 is 46.6 Å². The summed E-state index contributed by atoms with van der Waals surface area (Å²) in [7, 11) is 0. The maximum atomic E-state index is 13.7. The van der Waals surface area contributed by atoms with Gasteiger partial charge in [-0.1, -0.05) is 83.3 Å². The number of halogens is 3. The smallest absolute Gasteiger partial charge is 0.255 e. The van der Waals surface area contributed by atoms with Gasteiger partial charge in [-0.3, -0.25) is 4.79 Å². The summed E-state index contributed by atoms with van der Waals surface area (Å²) < 4.78 is 0. The normalized spacial score (nSPS) is 19.0. The summed E-state index contributed by atoms with van der Waals surface area (Å²) in [5.74, 6) is 0.552. The second-order valence-electron chi connectivity index (χ2n) is 8.45. The Morgan fingerprint density at radius 3 is 2.19 bits per heavy atom. The Morgan fingerprint density at radius 1 is 0.861 bits per heavy atom. The summed E-state index contributed by atoms with van der Waals surface area (Å²) in [6.45, 7) is 0. The lowest BCUT2D eigenvalue weighted by Crippen LogP contribution is -2.66. The molecule has 1 aliphatic heterocycles. The maximum absolute atomic E-state index is 13.7. The van der Waals surface area contributed by atoms with E-state index in [1.165, 1.54) is 5.56 Å². The molecule has 0 aromatic heterocycles. The molecule has 0 N–H and O–H groups in total. The number of thioether (sulfide) groups is 1. The fourth-order valence-corrected chi connectivity index (χ4v) is 5.80. The molecule has 36 heavy (non-hydrogen) atoms. The molecule has 3 nitrogen and oxygen atoms in total. The standard InChI is InChI=1S/C29H19Cl3N2OS/c30-22-9-7-21(8-10-22)29(18-33)27(20-6-15-25(31)26(32)16-20)34(28(29)35)23-11-13-24(14-12-23)36-17-19-4-2-1-3-5-19/h1-16,27H,17H2/t27-,29-/m1/s1. The van der Waals surface area contributed by atoms with E-state index in [0.717, 1.165) is 16.2 Å². The van der Waals surface area contributed by atoms with Crippen LogP contribution in [0.2, 0.25) is 15.1 Å². The molecule has 4 aromatic carbocycles. The van der Waals surface area contributed by atoms with Crippen LogP contribution in [0.5, 0.6) is 0 Å². The Kier molecular flexibility index (Phi) is 7.01. The summed E-state index contributed by atoms with van der Waals surface area (Å²) in [6.07, 6.45) is 0. The molecule has 7 heteroatoms. The molecule has 178 valence electrons. The number of hydrogen-bond donors (Lipinski definition) is 0. The number of amides is 1. The number of hydrogen-bond acceptors (Lipinski definition) is 3. The fourth-order valence-electron chi connectivity index (χ4n) is 4.51. The average molecular weight is 550 g/mol. The van der Waals surface area contributed by atoms with Gasteiger partial charge in [0.25, 0.3) is 5.91 Å². The molecule has 0 unspecified atom stereocenters. The molecule has 1 saturated heterocycles. The van der Waals surface area contributed by atoms with Crippen molar-refractivity contribution in [2.75, 3.05) is 4.90 Å². The third-order valence-electron chi connectivity index (χ3n) is 6.32. The van der Waals surface area contributed by atoms with Crippen LogP contribution in [0.15, 0.2) is 102 Å². The van der Waals surface area contributed by atoms with E-state index in [9.17, 15) is 10.1 Å². The molecule has 1 fully saturated rings. The minimum atomic E-state index is -1.41. The molecule has 0 bridgehead atoms. The predicted octanol–water partition coefficient (Wildman–Crippen LogP) is 8.49. The quantitative estimate of drug-likeness (QED) is 0.179. The first kappa shape index (κ1) is 24.7. The highest BCUT2D eigenvalue weighted by Gasteiger charge is 2.63. The number of β-lactam (4-membered cyclic amide) rings is 1. The van der Waals surface area contributed by atoms with Crippen LogP contribution in [0, 0.1) is 11.3 Å². The van der Waals surface area contributed by atoms with Crippen molar-refractivity contribution >= 4 is 58.2 Å². The van der Waals surface area contributed by atoms with Crippen molar-refractivity contribution in [1.82, 2.24) is 0 Å². The molecule has 1 heterocycles. The van der Waals surface area contributed by atoms with E-state index >= 15 is 0 Å². The third-order valence-corrected chi connectivity index (χ3v) is 8.40. The lowest BCUT2D eigenvalue weighted by Gasteiger charge is -2.52. The van der Waals surface area contributed by atoms with Gasteiger partial charge >= 0.3 is 0 Å². The lowest BCUT2D eigenvalue weighted by molar-refractivity contribution is -0.130. The summed E-state index contributed by atoms with van der Waals surface area (Å²) >= 11 is 20.3. The molecule has 1 aliphatic rings.